The van der Waals surface area contributed by atoms with Crippen LogP contribution in [0.1, 0.15) is 11.1 Å². The van der Waals surface area contributed by atoms with Crippen molar-refractivity contribution in [2.75, 3.05) is 26.7 Å². The molecular formula is C13H16F3NO. The molecule has 0 unspecified atom stereocenters. The maximum Gasteiger partial charge on any atom is 0.401 e. The van der Waals surface area contributed by atoms with E-state index in [0.717, 1.165) is 23.3 Å². The summed E-state index contributed by atoms with van der Waals surface area (Å²) in [5.41, 5.74) is 2.22. The minimum atomic E-state index is -4.12. The summed E-state index contributed by atoms with van der Waals surface area (Å²) < 4.78 is 41.8. The summed E-state index contributed by atoms with van der Waals surface area (Å²) >= 11 is 0. The van der Waals surface area contributed by atoms with Crippen LogP contribution >= 0.6 is 0 Å². The van der Waals surface area contributed by atoms with Crippen molar-refractivity contribution < 1.29 is 17.9 Å². The zero-order valence-corrected chi connectivity index (χ0v) is 10.3. The molecule has 0 radical (unpaired) electrons. The Balaban J connectivity index is 1.87. The van der Waals surface area contributed by atoms with Crippen molar-refractivity contribution in [3.8, 4) is 5.75 Å². The van der Waals surface area contributed by atoms with Crippen LogP contribution in [-0.2, 0) is 12.8 Å². The highest BCUT2D eigenvalue weighted by Gasteiger charge is 2.28. The van der Waals surface area contributed by atoms with Gasteiger partial charge in [0.2, 0.25) is 0 Å². The predicted octanol–water partition coefficient (Wildman–Crippen LogP) is 2.66. The summed E-state index contributed by atoms with van der Waals surface area (Å²) in [6.07, 6.45) is -2.61. The first kappa shape index (κ1) is 13.2. The molecule has 0 aromatic heterocycles. The number of nitrogens with zero attached hydrogens (tertiary/aromatic N) is 1. The van der Waals surface area contributed by atoms with Gasteiger partial charge in [-0.1, -0.05) is 12.1 Å². The number of hydrogen-bond donors (Lipinski definition) is 0. The predicted molar refractivity (Wildman–Crippen MR) is 62.9 cm³/mol. The van der Waals surface area contributed by atoms with Crippen LogP contribution in [0.2, 0.25) is 0 Å². The van der Waals surface area contributed by atoms with E-state index in [1.807, 2.05) is 18.2 Å². The highest BCUT2D eigenvalue weighted by Crippen LogP contribution is 2.26. The minimum absolute atomic E-state index is 0.402. The standard InChI is InChI=1S/C13H16F3NO/c1-17(9-13(14,15)16)6-4-10-2-3-12-11(8-10)5-7-18-12/h2-3,8H,4-7,9H2,1H3. The van der Waals surface area contributed by atoms with Crippen LogP contribution in [0.5, 0.6) is 5.75 Å². The molecule has 0 atom stereocenters. The topological polar surface area (TPSA) is 12.5 Å². The Labute approximate surface area is 104 Å². The lowest BCUT2D eigenvalue weighted by molar-refractivity contribution is -0.142. The fraction of sp³-hybridized carbons (Fsp3) is 0.538. The van der Waals surface area contributed by atoms with E-state index in [4.69, 9.17) is 4.74 Å². The van der Waals surface area contributed by atoms with Gasteiger partial charge in [-0.15, -0.1) is 0 Å². The molecule has 100 valence electrons. The van der Waals surface area contributed by atoms with E-state index in [-0.39, 0.29) is 0 Å². The lowest BCUT2D eigenvalue weighted by atomic mass is 10.1. The van der Waals surface area contributed by atoms with Crippen molar-refractivity contribution in [2.24, 2.45) is 0 Å². The van der Waals surface area contributed by atoms with E-state index in [1.54, 1.807) is 0 Å². The van der Waals surface area contributed by atoms with Gasteiger partial charge in [0.15, 0.2) is 0 Å². The van der Waals surface area contributed by atoms with Crippen molar-refractivity contribution in [3.63, 3.8) is 0 Å². The average molecular weight is 259 g/mol. The van der Waals surface area contributed by atoms with E-state index < -0.39 is 12.7 Å². The molecule has 1 aromatic carbocycles. The molecule has 0 N–H and O–H groups in total. The van der Waals surface area contributed by atoms with E-state index in [9.17, 15) is 13.2 Å². The summed E-state index contributed by atoms with van der Waals surface area (Å²) in [4.78, 5) is 1.30. The zero-order chi connectivity index (χ0) is 13.2. The number of fused-ring (bicyclic) bond motifs is 1. The van der Waals surface area contributed by atoms with Gasteiger partial charge in [0.25, 0.3) is 0 Å². The van der Waals surface area contributed by atoms with Gasteiger partial charge in [-0.2, -0.15) is 13.2 Å². The molecule has 0 bridgehead atoms. The molecule has 0 fully saturated rings. The largest absolute Gasteiger partial charge is 0.493 e. The van der Waals surface area contributed by atoms with Crippen LogP contribution in [-0.4, -0.2) is 37.8 Å². The van der Waals surface area contributed by atoms with Crippen LogP contribution < -0.4 is 4.74 Å². The summed E-state index contributed by atoms with van der Waals surface area (Å²) in [5, 5.41) is 0. The Morgan fingerprint density at radius 1 is 1.33 bits per heavy atom. The van der Waals surface area contributed by atoms with E-state index >= 15 is 0 Å². The molecule has 0 spiro atoms. The number of halogens is 3. The van der Waals surface area contributed by atoms with Crippen molar-refractivity contribution in [2.45, 2.75) is 19.0 Å². The van der Waals surface area contributed by atoms with E-state index in [1.165, 1.54) is 11.9 Å². The Kier molecular flexibility index (Phi) is 3.80. The van der Waals surface area contributed by atoms with Crippen LogP contribution in [0.4, 0.5) is 13.2 Å². The molecule has 0 amide bonds. The minimum Gasteiger partial charge on any atom is -0.493 e. The molecule has 0 aliphatic carbocycles. The molecule has 2 rings (SSSR count). The fourth-order valence-corrected chi connectivity index (χ4v) is 2.10. The van der Waals surface area contributed by atoms with Gasteiger partial charge in [0, 0.05) is 13.0 Å². The summed E-state index contributed by atoms with van der Waals surface area (Å²) in [7, 11) is 1.49. The fourth-order valence-electron chi connectivity index (χ4n) is 2.10. The smallest absolute Gasteiger partial charge is 0.401 e. The second-order valence-electron chi connectivity index (χ2n) is 4.64. The average Bonchev–Trinajstić information content (AvgIpc) is 2.71. The first-order chi connectivity index (χ1) is 8.44. The maximum atomic E-state index is 12.2. The molecule has 0 saturated carbocycles. The molecule has 5 heteroatoms. The molecular weight excluding hydrogens is 243 g/mol. The Hall–Kier alpha value is -1.23. The SMILES string of the molecule is CN(CCc1ccc2c(c1)CCO2)CC(F)(F)F. The number of benzene rings is 1. The van der Waals surface area contributed by atoms with Crippen LogP contribution in [0, 0.1) is 0 Å². The Morgan fingerprint density at radius 2 is 2.11 bits per heavy atom. The highest BCUT2D eigenvalue weighted by molar-refractivity contribution is 5.39. The van der Waals surface area contributed by atoms with Gasteiger partial charge in [-0.25, -0.2) is 0 Å². The van der Waals surface area contributed by atoms with Crippen LogP contribution in [0.15, 0.2) is 18.2 Å². The molecule has 2 nitrogen and oxygen atoms in total. The second-order valence-corrected chi connectivity index (χ2v) is 4.64. The second kappa shape index (κ2) is 5.18. The van der Waals surface area contributed by atoms with Crippen molar-refractivity contribution in [1.29, 1.82) is 0 Å². The normalized spacial score (nSPS) is 14.7. The molecule has 0 saturated heterocycles. The number of alkyl halides is 3. The van der Waals surface area contributed by atoms with Gasteiger partial charge in [-0.3, -0.25) is 4.90 Å². The number of likely N-dealkylation sites (N-methyl/N-ethyl adjacent to an activating group) is 1. The lowest BCUT2D eigenvalue weighted by Crippen LogP contribution is -2.32. The third-order valence-electron chi connectivity index (χ3n) is 2.99. The maximum absolute atomic E-state index is 12.2. The number of rotatable bonds is 4. The number of hydrogen-bond acceptors (Lipinski definition) is 2. The quantitative estimate of drug-likeness (QED) is 0.824. The molecule has 1 aliphatic rings. The van der Waals surface area contributed by atoms with Gasteiger partial charge in [-0.05, 0) is 30.7 Å². The van der Waals surface area contributed by atoms with E-state index in [2.05, 4.69) is 0 Å². The van der Waals surface area contributed by atoms with Crippen LogP contribution in [0.3, 0.4) is 0 Å². The summed E-state index contributed by atoms with van der Waals surface area (Å²) in [5.74, 6) is 0.905. The van der Waals surface area contributed by atoms with Gasteiger partial charge in [0.1, 0.15) is 5.75 Å². The van der Waals surface area contributed by atoms with Crippen molar-refractivity contribution >= 4 is 0 Å². The first-order valence-corrected chi connectivity index (χ1v) is 5.94. The highest BCUT2D eigenvalue weighted by atomic mass is 19.4. The third-order valence-corrected chi connectivity index (χ3v) is 2.99. The lowest BCUT2D eigenvalue weighted by Gasteiger charge is -2.18. The Bertz CT molecular complexity index is 417. The van der Waals surface area contributed by atoms with Gasteiger partial charge >= 0.3 is 6.18 Å². The van der Waals surface area contributed by atoms with Gasteiger partial charge < -0.3 is 4.74 Å². The first-order valence-electron chi connectivity index (χ1n) is 5.94. The summed E-state index contributed by atoms with van der Waals surface area (Å²) in [6, 6.07) is 5.86. The monoisotopic (exact) mass is 259 g/mol. The van der Waals surface area contributed by atoms with Crippen molar-refractivity contribution in [3.05, 3.63) is 29.3 Å². The Morgan fingerprint density at radius 3 is 2.83 bits per heavy atom. The molecule has 1 aliphatic heterocycles. The van der Waals surface area contributed by atoms with Crippen LogP contribution in [0.25, 0.3) is 0 Å². The third kappa shape index (κ3) is 3.63. The van der Waals surface area contributed by atoms with E-state index in [0.29, 0.717) is 19.6 Å². The van der Waals surface area contributed by atoms with Gasteiger partial charge in [0.05, 0.1) is 13.2 Å². The van der Waals surface area contributed by atoms with Crippen molar-refractivity contribution in [1.82, 2.24) is 4.90 Å². The summed E-state index contributed by atoms with van der Waals surface area (Å²) in [6.45, 7) is 0.243. The number of ether oxygens (including phenoxy) is 1. The molecule has 1 heterocycles. The molecule has 1 aromatic rings. The zero-order valence-electron chi connectivity index (χ0n) is 10.3. The molecule has 18 heavy (non-hydrogen) atoms.